The van der Waals surface area contributed by atoms with Crippen LogP contribution in [0.15, 0.2) is 24.3 Å². The number of ether oxygens (including phenoxy) is 2. The highest BCUT2D eigenvalue weighted by molar-refractivity contribution is 6.24. The molecule has 0 aliphatic heterocycles. The Balaban J connectivity index is 2.42. The topological polar surface area (TPSA) is 76.0 Å². The monoisotopic (exact) mass is 272 g/mol. The van der Waals surface area contributed by atoms with Crippen LogP contribution in [0.5, 0.6) is 23.0 Å². The molecule has 2 aromatic carbocycles. The summed E-state index contributed by atoms with van der Waals surface area (Å²) in [4.78, 5) is 12.4. The van der Waals surface area contributed by atoms with Gasteiger partial charge >= 0.3 is 0 Å². The van der Waals surface area contributed by atoms with Crippen molar-refractivity contribution in [3.05, 3.63) is 35.4 Å². The van der Waals surface area contributed by atoms with E-state index < -0.39 is 0 Å². The van der Waals surface area contributed by atoms with Gasteiger partial charge in [0.1, 0.15) is 5.75 Å². The standard InChI is InChI=1S/C15H12O5/c1-19-10-6-8-11(15(20-2)14(10)18)7-4-3-5-9(16)12(7)13(8)17/h3-6,16,18H,1-2H3. The lowest BCUT2D eigenvalue weighted by Crippen LogP contribution is -1.98. The first-order valence-corrected chi connectivity index (χ1v) is 5.95. The SMILES string of the molecule is COc1cc2c(c(OC)c1O)-c1cccc(O)c1C2=O. The quantitative estimate of drug-likeness (QED) is 0.748. The summed E-state index contributed by atoms with van der Waals surface area (Å²) in [6, 6.07) is 6.24. The minimum atomic E-state index is -0.315. The molecule has 102 valence electrons. The van der Waals surface area contributed by atoms with E-state index in [-0.39, 0.29) is 34.3 Å². The van der Waals surface area contributed by atoms with Gasteiger partial charge in [-0.05, 0) is 12.1 Å². The first-order valence-electron chi connectivity index (χ1n) is 5.95. The van der Waals surface area contributed by atoms with E-state index in [9.17, 15) is 15.0 Å². The van der Waals surface area contributed by atoms with Gasteiger partial charge in [0.25, 0.3) is 0 Å². The number of fused-ring (bicyclic) bond motifs is 3. The van der Waals surface area contributed by atoms with Gasteiger partial charge in [-0.15, -0.1) is 0 Å². The molecule has 1 aliphatic rings. The number of carbonyl (C=O) groups is 1. The van der Waals surface area contributed by atoms with Crippen molar-refractivity contribution in [1.82, 2.24) is 0 Å². The van der Waals surface area contributed by atoms with Crippen molar-refractivity contribution in [3.63, 3.8) is 0 Å². The van der Waals surface area contributed by atoms with Crippen LogP contribution in [0, 0.1) is 0 Å². The minimum Gasteiger partial charge on any atom is -0.507 e. The highest BCUT2D eigenvalue weighted by atomic mass is 16.5. The Morgan fingerprint density at radius 1 is 1.00 bits per heavy atom. The molecule has 3 rings (SSSR count). The van der Waals surface area contributed by atoms with Gasteiger partial charge in [-0.3, -0.25) is 4.79 Å². The number of hydrogen-bond acceptors (Lipinski definition) is 5. The second kappa shape index (κ2) is 4.16. The van der Waals surface area contributed by atoms with Crippen LogP contribution in [0.1, 0.15) is 15.9 Å². The molecule has 0 unspecified atom stereocenters. The van der Waals surface area contributed by atoms with Crippen molar-refractivity contribution in [2.75, 3.05) is 14.2 Å². The maximum Gasteiger partial charge on any atom is 0.201 e. The smallest absolute Gasteiger partial charge is 0.201 e. The number of rotatable bonds is 2. The molecule has 20 heavy (non-hydrogen) atoms. The first-order chi connectivity index (χ1) is 9.60. The van der Waals surface area contributed by atoms with Crippen LogP contribution >= 0.6 is 0 Å². The second-order valence-corrected chi connectivity index (χ2v) is 4.41. The van der Waals surface area contributed by atoms with Crippen molar-refractivity contribution in [2.45, 2.75) is 0 Å². The molecule has 0 saturated heterocycles. The molecule has 0 fully saturated rings. The summed E-state index contributed by atoms with van der Waals surface area (Å²) in [5, 5.41) is 20.0. The number of benzene rings is 2. The van der Waals surface area contributed by atoms with Gasteiger partial charge in [-0.25, -0.2) is 0 Å². The fourth-order valence-corrected chi connectivity index (χ4v) is 2.55. The van der Waals surface area contributed by atoms with Gasteiger partial charge in [0.15, 0.2) is 17.3 Å². The zero-order chi connectivity index (χ0) is 14.4. The van der Waals surface area contributed by atoms with E-state index in [2.05, 4.69) is 0 Å². The zero-order valence-electron chi connectivity index (χ0n) is 10.9. The number of methoxy groups -OCH3 is 2. The third-order valence-electron chi connectivity index (χ3n) is 3.43. The summed E-state index contributed by atoms with van der Waals surface area (Å²) in [5.41, 5.74) is 1.57. The fraction of sp³-hybridized carbons (Fsp3) is 0.133. The molecule has 2 N–H and O–H groups in total. The number of aromatic hydroxyl groups is 2. The Morgan fingerprint density at radius 2 is 1.75 bits per heavy atom. The minimum absolute atomic E-state index is 0.0933. The van der Waals surface area contributed by atoms with Crippen molar-refractivity contribution in [1.29, 1.82) is 0 Å². The van der Waals surface area contributed by atoms with Crippen molar-refractivity contribution in [2.24, 2.45) is 0 Å². The molecular formula is C15H12O5. The average Bonchev–Trinajstić information content (AvgIpc) is 2.73. The molecule has 5 nitrogen and oxygen atoms in total. The number of carbonyl (C=O) groups excluding carboxylic acids is 1. The van der Waals surface area contributed by atoms with Crippen molar-refractivity contribution < 1.29 is 24.5 Å². The van der Waals surface area contributed by atoms with Crippen molar-refractivity contribution >= 4 is 5.78 Å². The summed E-state index contributed by atoms with van der Waals surface area (Å²) in [7, 11) is 2.80. The lowest BCUT2D eigenvalue weighted by Gasteiger charge is -2.13. The largest absolute Gasteiger partial charge is 0.507 e. The van der Waals surface area contributed by atoms with E-state index in [0.717, 1.165) is 0 Å². The second-order valence-electron chi connectivity index (χ2n) is 4.41. The summed E-state index contributed by atoms with van der Waals surface area (Å²) in [6.07, 6.45) is 0. The summed E-state index contributed by atoms with van der Waals surface area (Å²) in [5.74, 6) is -0.259. The average molecular weight is 272 g/mol. The first kappa shape index (κ1) is 12.3. The lowest BCUT2D eigenvalue weighted by molar-refractivity contribution is 0.104. The van der Waals surface area contributed by atoms with Gasteiger partial charge in [0.2, 0.25) is 5.75 Å². The van der Waals surface area contributed by atoms with E-state index in [4.69, 9.17) is 9.47 Å². The van der Waals surface area contributed by atoms with Crippen LogP contribution in [0.25, 0.3) is 11.1 Å². The maximum atomic E-state index is 12.4. The molecule has 1 aliphatic carbocycles. The van der Waals surface area contributed by atoms with Gasteiger partial charge < -0.3 is 19.7 Å². The van der Waals surface area contributed by atoms with Crippen molar-refractivity contribution in [3.8, 4) is 34.1 Å². The molecule has 2 aromatic rings. The van der Waals surface area contributed by atoms with Crippen LogP contribution in [0.4, 0.5) is 0 Å². The Labute approximate surface area is 115 Å². The Kier molecular flexibility index (Phi) is 2.57. The Bertz CT molecular complexity index is 734. The number of ketones is 1. The van der Waals surface area contributed by atoms with Crippen LogP contribution in [-0.2, 0) is 0 Å². The predicted molar refractivity (Wildman–Crippen MR) is 71.7 cm³/mol. The van der Waals surface area contributed by atoms with Gasteiger partial charge in [-0.2, -0.15) is 0 Å². The highest BCUT2D eigenvalue weighted by Crippen LogP contribution is 2.52. The normalized spacial score (nSPS) is 12.0. The Morgan fingerprint density at radius 3 is 2.40 bits per heavy atom. The fourth-order valence-electron chi connectivity index (χ4n) is 2.55. The third kappa shape index (κ3) is 1.40. The molecule has 0 radical (unpaired) electrons. The van der Waals surface area contributed by atoms with Gasteiger partial charge in [-0.1, -0.05) is 12.1 Å². The molecule has 0 saturated carbocycles. The van der Waals surface area contributed by atoms with Crippen LogP contribution in [0.3, 0.4) is 0 Å². The summed E-state index contributed by atoms with van der Waals surface area (Å²) in [6.45, 7) is 0. The molecule has 0 bridgehead atoms. The molecule has 0 amide bonds. The molecule has 0 spiro atoms. The highest BCUT2D eigenvalue weighted by Gasteiger charge is 2.34. The van der Waals surface area contributed by atoms with Crippen LogP contribution in [-0.4, -0.2) is 30.2 Å². The predicted octanol–water partition coefficient (Wildman–Crippen LogP) is 2.33. The number of phenols is 2. The molecule has 0 aromatic heterocycles. The Hall–Kier alpha value is -2.69. The van der Waals surface area contributed by atoms with E-state index in [1.54, 1.807) is 12.1 Å². The van der Waals surface area contributed by atoms with Crippen LogP contribution in [0.2, 0.25) is 0 Å². The van der Waals surface area contributed by atoms with Gasteiger partial charge in [0, 0.05) is 16.7 Å². The summed E-state index contributed by atoms with van der Waals surface area (Å²) < 4.78 is 10.3. The number of phenolic OH excluding ortho intramolecular Hbond substituents is 2. The molecule has 5 heteroatoms. The lowest BCUT2D eigenvalue weighted by atomic mass is 10.0. The van der Waals surface area contributed by atoms with E-state index >= 15 is 0 Å². The van der Waals surface area contributed by atoms with E-state index in [1.165, 1.54) is 26.4 Å². The molecule has 0 heterocycles. The maximum absolute atomic E-state index is 12.4. The third-order valence-corrected chi connectivity index (χ3v) is 3.43. The van der Waals surface area contributed by atoms with Gasteiger partial charge in [0.05, 0.1) is 19.8 Å². The van der Waals surface area contributed by atoms with E-state index in [1.807, 2.05) is 0 Å². The molecular weight excluding hydrogens is 260 g/mol. The summed E-state index contributed by atoms with van der Waals surface area (Å²) >= 11 is 0. The molecule has 0 atom stereocenters. The number of hydrogen-bond donors (Lipinski definition) is 2. The zero-order valence-corrected chi connectivity index (χ0v) is 10.9. The van der Waals surface area contributed by atoms with E-state index in [0.29, 0.717) is 16.7 Å². The van der Waals surface area contributed by atoms with Crippen LogP contribution < -0.4 is 9.47 Å².